The molecule has 0 spiro atoms. The lowest BCUT2D eigenvalue weighted by Gasteiger charge is -2.08. The molecule has 1 aromatic rings. The SMILES string of the molecule is Cl.N[C@@H](CCF)c1ccc(Cl)nc1. The smallest absolute Gasteiger partial charge is 0.129 e. The Balaban J connectivity index is 0.00000144. The van der Waals surface area contributed by atoms with Gasteiger partial charge in [0.2, 0.25) is 0 Å². The molecule has 1 heterocycles. The van der Waals surface area contributed by atoms with Gasteiger partial charge in [-0.2, -0.15) is 0 Å². The second-order valence-corrected chi connectivity index (χ2v) is 2.89. The summed E-state index contributed by atoms with van der Waals surface area (Å²) in [6, 6.07) is 3.13. The van der Waals surface area contributed by atoms with Gasteiger partial charge in [0.25, 0.3) is 0 Å². The number of pyridine rings is 1. The highest BCUT2D eigenvalue weighted by Gasteiger charge is 2.04. The minimum absolute atomic E-state index is 0. The first-order valence-electron chi connectivity index (χ1n) is 3.67. The van der Waals surface area contributed by atoms with E-state index in [-0.39, 0.29) is 18.4 Å². The summed E-state index contributed by atoms with van der Waals surface area (Å²) in [7, 11) is 0. The van der Waals surface area contributed by atoms with E-state index in [0.29, 0.717) is 11.6 Å². The fraction of sp³-hybridized carbons (Fsp3) is 0.375. The molecule has 0 amide bonds. The summed E-state index contributed by atoms with van der Waals surface area (Å²) in [6.45, 7) is -0.413. The Hall–Kier alpha value is -0.380. The van der Waals surface area contributed by atoms with E-state index in [0.717, 1.165) is 5.56 Å². The van der Waals surface area contributed by atoms with Crippen molar-refractivity contribution in [2.75, 3.05) is 6.67 Å². The van der Waals surface area contributed by atoms with Crippen molar-refractivity contribution >= 4 is 24.0 Å². The average molecular weight is 225 g/mol. The van der Waals surface area contributed by atoms with Crippen LogP contribution in [0, 0.1) is 0 Å². The van der Waals surface area contributed by atoms with Gasteiger partial charge in [0.05, 0.1) is 6.67 Å². The third kappa shape index (κ3) is 3.89. The van der Waals surface area contributed by atoms with Crippen molar-refractivity contribution < 1.29 is 4.39 Å². The van der Waals surface area contributed by atoms with Crippen LogP contribution in [0.3, 0.4) is 0 Å². The Morgan fingerprint density at radius 1 is 1.54 bits per heavy atom. The van der Waals surface area contributed by atoms with Gasteiger partial charge >= 0.3 is 0 Å². The average Bonchev–Trinajstić information content (AvgIpc) is 2.06. The van der Waals surface area contributed by atoms with Gasteiger partial charge in [-0.15, -0.1) is 12.4 Å². The molecule has 2 N–H and O–H groups in total. The van der Waals surface area contributed by atoms with Crippen LogP contribution < -0.4 is 5.73 Å². The molecule has 1 atom stereocenters. The third-order valence-electron chi connectivity index (χ3n) is 1.60. The maximum atomic E-state index is 11.9. The number of nitrogens with two attached hydrogens (primary N) is 1. The first kappa shape index (κ1) is 12.6. The number of halogens is 3. The Labute approximate surface area is 87.7 Å². The molecule has 13 heavy (non-hydrogen) atoms. The Morgan fingerprint density at radius 3 is 2.69 bits per heavy atom. The molecule has 74 valence electrons. The zero-order chi connectivity index (χ0) is 8.97. The molecule has 0 aliphatic carbocycles. The van der Waals surface area contributed by atoms with Crippen LogP contribution in [0.4, 0.5) is 4.39 Å². The molecule has 0 saturated carbocycles. The van der Waals surface area contributed by atoms with E-state index in [2.05, 4.69) is 4.98 Å². The summed E-state index contributed by atoms with van der Waals surface area (Å²) < 4.78 is 11.9. The molecule has 0 aromatic carbocycles. The normalized spacial score (nSPS) is 11.9. The maximum Gasteiger partial charge on any atom is 0.129 e. The van der Waals surface area contributed by atoms with Crippen molar-refractivity contribution in [2.24, 2.45) is 5.73 Å². The lowest BCUT2D eigenvalue weighted by Crippen LogP contribution is -2.10. The second kappa shape index (κ2) is 6.13. The predicted molar refractivity (Wildman–Crippen MR) is 54.0 cm³/mol. The van der Waals surface area contributed by atoms with Crippen LogP contribution in [0.25, 0.3) is 0 Å². The Kier molecular flexibility index (Phi) is 5.95. The standard InChI is InChI=1S/C8H10ClFN2.ClH/c9-8-2-1-6(5-12-8)7(11)3-4-10;/h1-2,5,7H,3-4,11H2;1H/t7-;/m0./s1. The molecule has 2 nitrogen and oxygen atoms in total. The van der Waals surface area contributed by atoms with Crippen LogP contribution in [0.15, 0.2) is 18.3 Å². The number of hydrogen-bond donors (Lipinski definition) is 1. The highest BCUT2D eigenvalue weighted by molar-refractivity contribution is 6.29. The molecule has 0 fully saturated rings. The molecule has 0 aliphatic heterocycles. The molecule has 0 radical (unpaired) electrons. The molecular weight excluding hydrogens is 214 g/mol. The van der Waals surface area contributed by atoms with Crippen LogP contribution in [-0.2, 0) is 0 Å². The summed E-state index contributed by atoms with van der Waals surface area (Å²) in [4.78, 5) is 3.85. The second-order valence-electron chi connectivity index (χ2n) is 2.50. The number of alkyl halides is 1. The number of nitrogens with zero attached hydrogens (tertiary/aromatic N) is 1. The van der Waals surface area contributed by atoms with Crippen LogP contribution in [0.5, 0.6) is 0 Å². The quantitative estimate of drug-likeness (QED) is 0.802. The molecule has 1 rings (SSSR count). The molecule has 0 saturated heterocycles. The monoisotopic (exact) mass is 224 g/mol. The van der Waals surface area contributed by atoms with E-state index in [4.69, 9.17) is 17.3 Å². The van der Waals surface area contributed by atoms with Crippen molar-refractivity contribution in [1.82, 2.24) is 4.98 Å². The van der Waals surface area contributed by atoms with Crippen LogP contribution in [0.2, 0.25) is 5.15 Å². The maximum absolute atomic E-state index is 11.9. The van der Waals surface area contributed by atoms with Crippen LogP contribution in [-0.4, -0.2) is 11.7 Å². The van der Waals surface area contributed by atoms with E-state index in [1.165, 1.54) is 0 Å². The minimum atomic E-state index is -0.413. The van der Waals surface area contributed by atoms with Gasteiger partial charge < -0.3 is 5.73 Å². The fourth-order valence-corrected chi connectivity index (χ4v) is 1.00. The van der Waals surface area contributed by atoms with E-state index in [1.807, 2.05) is 0 Å². The van der Waals surface area contributed by atoms with Gasteiger partial charge in [-0.25, -0.2) is 4.98 Å². The molecule has 0 aliphatic rings. The predicted octanol–water partition coefficient (Wildman–Crippen LogP) is 2.52. The van der Waals surface area contributed by atoms with Gasteiger partial charge in [-0.1, -0.05) is 17.7 Å². The summed E-state index contributed by atoms with van der Waals surface area (Å²) in [5, 5.41) is 0.422. The van der Waals surface area contributed by atoms with E-state index >= 15 is 0 Å². The third-order valence-corrected chi connectivity index (χ3v) is 1.82. The summed E-state index contributed by atoms with van der Waals surface area (Å²) in [5.74, 6) is 0. The lowest BCUT2D eigenvalue weighted by molar-refractivity contribution is 0.441. The van der Waals surface area contributed by atoms with Gasteiger partial charge in [-0.05, 0) is 18.1 Å². The summed E-state index contributed by atoms with van der Waals surface area (Å²) >= 11 is 5.57. The highest BCUT2D eigenvalue weighted by Crippen LogP contribution is 2.14. The van der Waals surface area contributed by atoms with Gasteiger partial charge in [0, 0.05) is 12.2 Å². The van der Waals surface area contributed by atoms with Crippen molar-refractivity contribution in [2.45, 2.75) is 12.5 Å². The lowest BCUT2D eigenvalue weighted by atomic mass is 10.1. The van der Waals surface area contributed by atoms with E-state index in [1.54, 1.807) is 18.3 Å². The highest BCUT2D eigenvalue weighted by atomic mass is 35.5. The summed E-state index contributed by atoms with van der Waals surface area (Å²) in [6.07, 6.45) is 1.89. The number of hydrogen-bond acceptors (Lipinski definition) is 2. The van der Waals surface area contributed by atoms with Gasteiger partial charge in [0.15, 0.2) is 0 Å². The first-order chi connectivity index (χ1) is 5.74. The Bertz CT molecular complexity index is 240. The number of rotatable bonds is 3. The van der Waals surface area contributed by atoms with Crippen molar-refractivity contribution in [3.05, 3.63) is 29.0 Å². The van der Waals surface area contributed by atoms with Gasteiger partial charge in [0.1, 0.15) is 5.15 Å². The largest absolute Gasteiger partial charge is 0.324 e. The zero-order valence-electron chi connectivity index (χ0n) is 6.91. The molecule has 0 bridgehead atoms. The topological polar surface area (TPSA) is 38.9 Å². The van der Waals surface area contributed by atoms with Crippen LogP contribution in [0.1, 0.15) is 18.0 Å². The Morgan fingerprint density at radius 2 is 2.23 bits per heavy atom. The molecule has 1 aromatic heterocycles. The van der Waals surface area contributed by atoms with Crippen molar-refractivity contribution in [1.29, 1.82) is 0 Å². The van der Waals surface area contributed by atoms with E-state index in [9.17, 15) is 4.39 Å². The minimum Gasteiger partial charge on any atom is -0.324 e. The van der Waals surface area contributed by atoms with Crippen molar-refractivity contribution in [3.63, 3.8) is 0 Å². The first-order valence-corrected chi connectivity index (χ1v) is 4.05. The molecular formula is C8H11Cl2FN2. The van der Waals surface area contributed by atoms with E-state index < -0.39 is 6.67 Å². The molecule has 0 unspecified atom stereocenters. The summed E-state index contributed by atoms with van der Waals surface area (Å²) in [5.41, 5.74) is 6.45. The van der Waals surface area contributed by atoms with Crippen LogP contribution >= 0.6 is 24.0 Å². The van der Waals surface area contributed by atoms with Gasteiger partial charge in [-0.3, -0.25) is 4.39 Å². The molecule has 5 heteroatoms. The fourth-order valence-electron chi connectivity index (χ4n) is 0.891. The number of aromatic nitrogens is 1. The van der Waals surface area contributed by atoms with Crippen molar-refractivity contribution in [3.8, 4) is 0 Å². The zero-order valence-corrected chi connectivity index (χ0v) is 8.48.